The number of hydrogen-bond donors (Lipinski definition) is 0. The fourth-order valence-corrected chi connectivity index (χ4v) is 7.02. The Bertz CT molecular complexity index is 739. The van der Waals surface area contributed by atoms with Crippen LogP contribution in [0.25, 0.3) is 0 Å². The van der Waals surface area contributed by atoms with E-state index in [1.807, 2.05) is 6.08 Å². The van der Waals surface area contributed by atoms with Crippen molar-refractivity contribution in [2.45, 2.75) is 84.8 Å². The minimum Gasteiger partial charge on any atom is -0.463 e. The summed E-state index contributed by atoms with van der Waals surface area (Å²) in [5.74, 6) is 0.397. The molecule has 0 aromatic rings. The van der Waals surface area contributed by atoms with Gasteiger partial charge < -0.3 is 9.47 Å². The molecule has 154 valence electrons. The zero-order valence-corrected chi connectivity index (χ0v) is 17.5. The van der Waals surface area contributed by atoms with Gasteiger partial charge in [0, 0.05) is 25.2 Å². The van der Waals surface area contributed by atoms with Crippen molar-refractivity contribution in [3.63, 3.8) is 0 Å². The number of fused-ring (bicyclic) bond motifs is 5. The minimum absolute atomic E-state index is 0.0443. The third-order valence-corrected chi connectivity index (χ3v) is 8.41. The second-order valence-electron chi connectivity index (χ2n) is 9.94. The second kappa shape index (κ2) is 6.70. The first-order valence-corrected chi connectivity index (χ1v) is 10.7. The highest BCUT2D eigenvalue weighted by Crippen LogP contribution is 2.64. The van der Waals surface area contributed by atoms with Gasteiger partial charge in [0.25, 0.3) is 0 Å². The summed E-state index contributed by atoms with van der Waals surface area (Å²) in [5, 5.41) is 0. The molecule has 0 heterocycles. The van der Waals surface area contributed by atoms with E-state index >= 15 is 0 Å². The number of carbonyl (C=O) groups is 3. The molecule has 2 unspecified atom stereocenters. The van der Waals surface area contributed by atoms with Gasteiger partial charge in [-0.2, -0.15) is 0 Å². The Hall–Kier alpha value is -1.65. The highest BCUT2D eigenvalue weighted by atomic mass is 16.5. The van der Waals surface area contributed by atoms with E-state index in [0.29, 0.717) is 18.3 Å². The quantitative estimate of drug-likeness (QED) is 0.669. The maximum atomic E-state index is 13.2. The maximum absolute atomic E-state index is 13.2. The first-order valence-electron chi connectivity index (χ1n) is 10.7. The van der Waals surface area contributed by atoms with Crippen LogP contribution < -0.4 is 0 Å². The van der Waals surface area contributed by atoms with Gasteiger partial charge in [-0.3, -0.25) is 14.4 Å². The predicted molar refractivity (Wildman–Crippen MR) is 103 cm³/mol. The molecule has 0 aromatic heterocycles. The van der Waals surface area contributed by atoms with Crippen molar-refractivity contribution >= 4 is 17.7 Å². The molecule has 5 nitrogen and oxygen atoms in total. The van der Waals surface area contributed by atoms with Crippen LogP contribution in [0, 0.1) is 28.6 Å². The summed E-state index contributed by atoms with van der Waals surface area (Å²) in [7, 11) is 0. The number of rotatable bonds is 2. The third kappa shape index (κ3) is 2.93. The summed E-state index contributed by atoms with van der Waals surface area (Å²) in [6, 6.07) is 0. The van der Waals surface area contributed by atoms with E-state index in [0.717, 1.165) is 38.5 Å². The summed E-state index contributed by atoms with van der Waals surface area (Å²) in [4.78, 5) is 36.1. The van der Waals surface area contributed by atoms with E-state index < -0.39 is 0 Å². The average molecular weight is 389 g/mol. The monoisotopic (exact) mass is 388 g/mol. The number of carbonyl (C=O) groups excluding carboxylic acids is 3. The van der Waals surface area contributed by atoms with E-state index in [-0.39, 0.29) is 46.7 Å². The molecular weight excluding hydrogens is 356 g/mol. The van der Waals surface area contributed by atoms with E-state index in [1.165, 1.54) is 19.4 Å². The normalized spacial score (nSPS) is 44.6. The molecule has 4 rings (SSSR count). The van der Waals surface area contributed by atoms with E-state index in [1.54, 1.807) is 0 Å². The fraction of sp³-hybridized carbons (Fsp3) is 0.783. The van der Waals surface area contributed by atoms with E-state index in [2.05, 4.69) is 13.8 Å². The van der Waals surface area contributed by atoms with Crippen LogP contribution in [0.1, 0.15) is 72.6 Å². The zero-order chi connectivity index (χ0) is 20.3. The predicted octanol–water partition coefficient (Wildman–Crippen LogP) is 3.99. The van der Waals surface area contributed by atoms with Gasteiger partial charge in [0.05, 0.1) is 0 Å². The molecule has 0 bridgehead atoms. The second-order valence-corrected chi connectivity index (χ2v) is 9.94. The molecule has 0 N–H and O–H groups in total. The van der Waals surface area contributed by atoms with Crippen LogP contribution in [0.2, 0.25) is 0 Å². The number of esters is 2. The molecular formula is C23H32O5. The van der Waals surface area contributed by atoms with Crippen LogP contribution in [0.5, 0.6) is 0 Å². The standard InChI is InChI=1S/C23H32O5/c1-13(24)27-15-7-9-22(3)18-8-10-23(4)17(5-6-21(23)28-14(2)25)16(18)12-20(26)19(22)11-15/h12,15,17-19,21H,5-11H2,1-4H3/t15?,17-,18-,19-,21?,22+,23-/m0/s1. The zero-order valence-electron chi connectivity index (χ0n) is 17.5. The van der Waals surface area contributed by atoms with Crippen molar-refractivity contribution in [1.29, 1.82) is 0 Å². The van der Waals surface area contributed by atoms with Gasteiger partial charge in [0.15, 0.2) is 5.78 Å². The van der Waals surface area contributed by atoms with Crippen molar-refractivity contribution in [1.82, 2.24) is 0 Å². The highest BCUT2D eigenvalue weighted by molar-refractivity contribution is 5.94. The van der Waals surface area contributed by atoms with Crippen molar-refractivity contribution < 1.29 is 23.9 Å². The van der Waals surface area contributed by atoms with Gasteiger partial charge >= 0.3 is 11.9 Å². The third-order valence-electron chi connectivity index (χ3n) is 8.41. The Balaban J connectivity index is 1.62. The molecule has 0 saturated heterocycles. The molecule has 0 radical (unpaired) electrons. The van der Waals surface area contributed by atoms with Crippen LogP contribution in [-0.4, -0.2) is 29.9 Å². The maximum Gasteiger partial charge on any atom is 0.302 e. The molecule has 3 fully saturated rings. The summed E-state index contributed by atoms with van der Waals surface area (Å²) in [5.41, 5.74) is 1.18. The number of ether oxygens (including phenoxy) is 2. The molecule has 0 aromatic carbocycles. The van der Waals surface area contributed by atoms with Crippen molar-refractivity contribution in [2.75, 3.05) is 0 Å². The van der Waals surface area contributed by atoms with Crippen LogP contribution in [-0.2, 0) is 23.9 Å². The molecule has 7 atom stereocenters. The first kappa shape index (κ1) is 19.7. The lowest BCUT2D eigenvalue weighted by Crippen LogP contribution is -2.53. The molecule has 0 aliphatic heterocycles. The Morgan fingerprint density at radius 3 is 2.21 bits per heavy atom. The fourth-order valence-electron chi connectivity index (χ4n) is 7.02. The highest BCUT2D eigenvalue weighted by Gasteiger charge is 2.60. The van der Waals surface area contributed by atoms with Gasteiger partial charge in [0.2, 0.25) is 0 Å². The number of allylic oxidation sites excluding steroid dienone is 2. The Labute approximate surface area is 167 Å². The Morgan fingerprint density at radius 2 is 1.54 bits per heavy atom. The van der Waals surface area contributed by atoms with Crippen molar-refractivity contribution in [3.05, 3.63) is 11.6 Å². The lowest BCUT2D eigenvalue weighted by Gasteiger charge is -2.56. The summed E-state index contributed by atoms with van der Waals surface area (Å²) >= 11 is 0. The summed E-state index contributed by atoms with van der Waals surface area (Å²) < 4.78 is 11.1. The van der Waals surface area contributed by atoms with Gasteiger partial charge in [-0.1, -0.05) is 19.4 Å². The lowest BCUT2D eigenvalue weighted by molar-refractivity contribution is -0.157. The molecule has 5 heteroatoms. The van der Waals surface area contributed by atoms with E-state index in [9.17, 15) is 14.4 Å². The smallest absolute Gasteiger partial charge is 0.302 e. The molecule has 0 amide bonds. The van der Waals surface area contributed by atoms with Gasteiger partial charge in [-0.05, 0) is 68.3 Å². The van der Waals surface area contributed by atoms with Crippen LogP contribution in [0.15, 0.2) is 11.6 Å². The summed E-state index contributed by atoms with van der Waals surface area (Å²) in [6.07, 6.45) is 8.08. The molecule has 4 aliphatic rings. The van der Waals surface area contributed by atoms with Crippen LogP contribution in [0.4, 0.5) is 0 Å². The Kier molecular flexibility index (Phi) is 4.71. The van der Waals surface area contributed by atoms with Crippen molar-refractivity contribution in [2.24, 2.45) is 28.6 Å². The Morgan fingerprint density at radius 1 is 0.893 bits per heavy atom. The van der Waals surface area contributed by atoms with E-state index in [4.69, 9.17) is 9.47 Å². The average Bonchev–Trinajstić information content (AvgIpc) is 2.92. The topological polar surface area (TPSA) is 69.7 Å². The number of ketones is 1. The van der Waals surface area contributed by atoms with Crippen molar-refractivity contribution in [3.8, 4) is 0 Å². The summed E-state index contributed by atoms with van der Waals surface area (Å²) in [6.45, 7) is 7.44. The molecule has 3 saturated carbocycles. The van der Waals surface area contributed by atoms with Gasteiger partial charge in [0.1, 0.15) is 12.2 Å². The van der Waals surface area contributed by atoms with Gasteiger partial charge in [-0.25, -0.2) is 0 Å². The largest absolute Gasteiger partial charge is 0.463 e. The first-order chi connectivity index (χ1) is 13.1. The minimum atomic E-state index is -0.260. The lowest BCUT2D eigenvalue weighted by atomic mass is 9.48. The van der Waals surface area contributed by atoms with Crippen LogP contribution >= 0.6 is 0 Å². The SMILES string of the molecule is CC(=O)OC1CC[C@@]2(C)[C@@H](C1)C(=O)C=C1[C@@H]2CC[C@]2(C)C(OC(C)=O)CC[C@@H]12. The number of hydrogen-bond acceptors (Lipinski definition) is 5. The molecule has 4 aliphatic carbocycles. The van der Waals surface area contributed by atoms with Gasteiger partial charge in [-0.15, -0.1) is 0 Å². The molecule has 28 heavy (non-hydrogen) atoms. The van der Waals surface area contributed by atoms with Crippen LogP contribution in [0.3, 0.4) is 0 Å². The molecule has 0 spiro atoms.